The summed E-state index contributed by atoms with van der Waals surface area (Å²) in [5.74, 6) is 0.221. The van der Waals surface area contributed by atoms with Gasteiger partial charge in [-0.3, -0.25) is 4.79 Å². The van der Waals surface area contributed by atoms with Crippen molar-refractivity contribution in [2.24, 2.45) is 0 Å². The number of ketones is 1. The molecule has 2 rings (SSSR count). The Hall–Kier alpha value is -1.17. The van der Waals surface area contributed by atoms with Crippen LogP contribution in [0.5, 0.6) is 0 Å². The van der Waals surface area contributed by atoms with Crippen molar-refractivity contribution in [2.45, 2.75) is 32.1 Å². The van der Waals surface area contributed by atoms with Crippen molar-refractivity contribution in [1.82, 2.24) is 0 Å². The zero-order chi connectivity index (χ0) is 12.6. The normalized spacial score (nSPS) is 15.3. The molecule has 1 aliphatic rings. The summed E-state index contributed by atoms with van der Waals surface area (Å²) in [6.07, 6.45) is -0.380. The smallest absolute Gasteiger partial charge is 0.255 e. The summed E-state index contributed by atoms with van der Waals surface area (Å²) >= 11 is 1.19. The Labute approximate surface area is 102 Å². The van der Waals surface area contributed by atoms with Crippen LogP contribution in [0.2, 0.25) is 0 Å². The predicted octanol–water partition coefficient (Wildman–Crippen LogP) is 3.09. The predicted molar refractivity (Wildman–Crippen MR) is 65.2 cm³/mol. The fraction of sp³-hybridized carbons (Fsp3) is 0.545. The van der Waals surface area contributed by atoms with E-state index in [-0.39, 0.29) is 5.78 Å². The molecular weight excluding hydrogens is 246 g/mol. The Balaban J connectivity index is 2.29. The van der Waals surface area contributed by atoms with E-state index < -0.39 is 13.0 Å². The zero-order valence-corrected chi connectivity index (χ0v) is 10.2. The van der Waals surface area contributed by atoms with Crippen LogP contribution in [-0.4, -0.2) is 18.8 Å². The SMILES string of the molecule is CC(=O)c1sc(NCC(F)F)c(C2CC2)c1N. The van der Waals surface area contributed by atoms with E-state index >= 15 is 0 Å². The summed E-state index contributed by atoms with van der Waals surface area (Å²) in [5.41, 5.74) is 7.25. The molecule has 0 aromatic carbocycles. The highest BCUT2D eigenvalue weighted by Gasteiger charge is 2.32. The summed E-state index contributed by atoms with van der Waals surface area (Å²) in [4.78, 5) is 11.8. The molecule has 1 saturated carbocycles. The second kappa shape index (κ2) is 4.60. The zero-order valence-electron chi connectivity index (χ0n) is 9.43. The van der Waals surface area contributed by atoms with Gasteiger partial charge in [0, 0.05) is 12.5 Å². The number of carbonyl (C=O) groups excluding carboxylic acids is 1. The van der Waals surface area contributed by atoms with Crippen LogP contribution in [0.15, 0.2) is 0 Å². The van der Waals surface area contributed by atoms with Crippen LogP contribution in [-0.2, 0) is 0 Å². The minimum Gasteiger partial charge on any atom is -0.397 e. The third-order valence-electron chi connectivity index (χ3n) is 2.71. The monoisotopic (exact) mass is 260 g/mol. The molecule has 1 heterocycles. The summed E-state index contributed by atoms with van der Waals surface area (Å²) < 4.78 is 24.4. The lowest BCUT2D eigenvalue weighted by atomic mass is 10.1. The Morgan fingerprint density at radius 2 is 2.24 bits per heavy atom. The number of nitrogens with one attached hydrogen (secondary N) is 1. The molecular formula is C11H14F2N2OS. The number of rotatable bonds is 5. The van der Waals surface area contributed by atoms with Crippen molar-refractivity contribution in [3.8, 4) is 0 Å². The van der Waals surface area contributed by atoms with Gasteiger partial charge in [-0.25, -0.2) is 8.78 Å². The average Bonchev–Trinajstić information content (AvgIpc) is 3.00. The fourth-order valence-corrected chi connectivity index (χ4v) is 2.91. The number of thiophene rings is 1. The van der Waals surface area contributed by atoms with Gasteiger partial charge in [-0.1, -0.05) is 0 Å². The minimum absolute atomic E-state index is 0.112. The number of hydrogen-bond acceptors (Lipinski definition) is 4. The van der Waals surface area contributed by atoms with Gasteiger partial charge in [0.25, 0.3) is 6.43 Å². The minimum atomic E-state index is -2.41. The molecule has 0 aliphatic heterocycles. The molecule has 0 saturated heterocycles. The van der Waals surface area contributed by atoms with Gasteiger partial charge in [-0.15, -0.1) is 11.3 Å². The van der Waals surface area contributed by atoms with Crippen LogP contribution in [0.3, 0.4) is 0 Å². The summed E-state index contributed by atoms with van der Waals surface area (Å²) in [6.45, 7) is 1.03. The fourth-order valence-electron chi connectivity index (χ4n) is 1.80. The van der Waals surface area contributed by atoms with Gasteiger partial charge in [-0.05, 0) is 18.8 Å². The van der Waals surface area contributed by atoms with Gasteiger partial charge >= 0.3 is 0 Å². The van der Waals surface area contributed by atoms with E-state index in [1.807, 2.05) is 0 Å². The Morgan fingerprint density at radius 1 is 1.59 bits per heavy atom. The lowest BCUT2D eigenvalue weighted by Crippen LogP contribution is -2.10. The first-order valence-electron chi connectivity index (χ1n) is 5.45. The Morgan fingerprint density at radius 3 is 2.71 bits per heavy atom. The van der Waals surface area contributed by atoms with E-state index in [0.29, 0.717) is 21.5 Å². The van der Waals surface area contributed by atoms with E-state index in [2.05, 4.69) is 5.32 Å². The molecule has 0 bridgehead atoms. The first-order chi connectivity index (χ1) is 8.00. The number of Topliss-reactive ketones (excluding diaryl/α,β-unsaturated/α-hetero) is 1. The number of hydrogen-bond donors (Lipinski definition) is 2. The van der Waals surface area contributed by atoms with Crippen molar-refractivity contribution < 1.29 is 13.6 Å². The van der Waals surface area contributed by atoms with E-state index in [4.69, 9.17) is 5.73 Å². The van der Waals surface area contributed by atoms with Gasteiger partial charge in [0.2, 0.25) is 0 Å². The molecule has 0 atom stereocenters. The van der Waals surface area contributed by atoms with Gasteiger partial charge < -0.3 is 11.1 Å². The van der Waals surface area contributed by atoms with Crippen molar-refractivity contribution in [3.63, 3.8) is 0 Å². The van der Waals surface area contributed by atoms with Gasteiger partial charge in [0.15, 0.2) is 5.78 Å². The quantitative estimate of drug-likeness (QED) is 0.800. The molecule has 94 valence electrons. The van der Waals surface area contributed by atoms with E-state index in [1.165, 1.54) is 18.3 Å². The topological polar surface area (TPSA) is 55.1 Å². The molecule has 3 nitrogen and oxygen atoms in total. The third kappa shape index (κ3) is 2.57. The maximum absolute atomic E-state index is 12.2. The van der Waals surface area contributed by atoms with Crippen molar-refractivity contribution >= 4 is 27.8 Å². The molecule has 0 unspecified atom stereocenters. The van der Waals surface area contributed by atoms with Crippen LogP contribution in [0, 0.1) is 0 Å². The highest BCUT2D eigenvalue weighted by Crippen LogP contribution is 2.50. The first kappa shape index (κ1) is 12.3. The largest absolute Gasteiger partial charge is 0.397 e. The average molecular weight is 260 g/mol. The van der Waals surface area contributed by atoms with Crippen LogP contribution >= 0.6 is 11.3 Å². The molecule has 1 fully saturated rings. The molecule has 0 radical (unpaired) electrons. The maximum atomic E-state index is 12.2. The lowest BCUT2D eigenvalue weighted by molar-refractivity contribution is 0.102. The number of nitrogens with two attached hydrogens (primary N) is 1. The third-order valence-corrected chi connectivity index (χ3v) is 3.99. The second-order valence-corrected chi connectivity index (χ2v) is 5.21. The van der Waals surface area contributed by atoms with Gasteiger partial charge in [0.1, 0.15) is 0 Å². The van der Waals surface area contributed by atoms with E-state index in [9.17, 15) is 13.6 Å². The van der Waals surface area contributed by atoms with E-state index in [0.717, 1.165) is 18.4 Å². The van der Waals surface area contributed by atoms with Crippen molar-refractivity contribution in [3.05, 3.63) is 10.4 Å². The van der Waals surface area contributed by atoms with Crippen LogP contribution in [0.4, 0.5) is 19.5 Å². The molecule has 17 heavy (non-hydrogen) atoms. The van der Waals surface area contributed by atoms with Gasteiger partial charge in [-0.2, -0.15) is 0 Å². The molecule has 6 heteroatoms. The highest BCUT2D eigenvalue weighted by molar-refractivity contribution is 7.18. The number of anilines is 2. The van der Waals surface area contributed by atoms with E-state index in [1.54, 1.807) is 0 Å². The van der Waals surface area contributed by atoms with Crippen LogP contribution < -0.4 is 11.1 Å². The lowest BCUT2D eigenvalue weighted by Gasteiger charge is -2.06. The van der Waals surface area contributed by atoms with Gasteiger partial charge in [0.05, 0.1) is 22.1 Å². The van der Waals surface area contributed by atoms with Crippen molar-refractivity contribution in [2.75, 3.05) is 17.6 Å². The second-order valence-electron chi connectivity index (χ2n) is 4.19. The molecule has 1 aromatic heterocycles. The van der Waals surface area contributed by atoms with Crippen LogP contribution in [0.1, 0.15) is 40.9 Å². The first-order valence-corrected chi connectivity index (χ1v) is 6.27. The standard InChI is InChI=1S/C11H14F2N2OS/c1-5(16)10-9(14)8(6-2-3-6)11(17-10)15-4-7(12)13/h6-7,15H,2-4,14H2,1H3. The van der Waals surface area contributed by atoms with Crippen molar-refractivity contribution in [1.29, 1.82) is 0 Å². The summed E-state index contributed by atoms with van der Waals surface area (Å²) in [6, 6.07) is 0. The molecule has 1 aliphatic carbocycles. The molecule has 1 aromatic rings. The molecule has 0 amide bonds. The maximum Gasteiger partial charge on any atom is 0.255 e. The highest BCUT2D eigenvalue weighted by atomic mass is 32.1. The number of nitrogen functional groups attached to an aromatic ring is 1. The summed E-state index contributed by atoms with van der Waals surface area (Å²) in [7, 11) is 0. The molecule has 3 N–H and O–H groups in total. The number of carbonyl (C=O) groups is 1. The number of halogens is 2. The van der Waals surface area contributed by atoms with Crippen LogP contribution in [0.25, 0.3) is 0 Å². The number of alkyl halides is 2. The Kier molecular flexibility index (Phi) is 3.33. The summed E-state index contributed by atoms with van der Waals surface area (Å²) in [5, 5.41) is 3.32. The Bertz CT molecular complexity index is 441. The molecule has 0 spiro atoms.